The smallest absolute Gasteiger partial charge is 0.339 e. The zero-order valence-electron chi connectivity index (χ0n) is 9.52. The highest BCUT2D eigenvalue weighted by Gasteiger charge is 2.14. The second-order valence-electron chi connectivity index (χ2n) is 3.84. The fourth-order valence-corrected chi connectivity index (χ4v) is 2.05. The van der Waals surface area contributed by atoms with Crippen LogP contribution in [0.1, 0.15) is 21.6 Å². The number of aromatic nitrogens is 2. The molecule has 0 fully saturated rings. The lowest BCUT2D eigenvalue weighted by Crippen LogP contribution is -2.07. The first-order valence-electron chi connectivity index (χ1n) is 5.18. The molecule has 1 N–H and O–H groups in total. The van der Waals surface area contributed by atoms with Crippen LogP contribution in [0.4, 0.5) is 4.39 Å². The highest BCUT2D eigenvalue weighted by Crippen LogP contribution is 2.17. The van der Waals surface area contributed by atoms with Crippen LogP contribution in [-0.2, 0) is 6.54 Å². The molecule has 0 unspecified atom stereocenters. The van der Waals surface area contributed by atoms with Gasteiger partial charge >= 0.3 is 5.97 Å². The summed E-state index contributed by atoms with van der Waals surface area (Å²) in [7, 11) is 0. The first-order valence-corrected chi connectivity index (χ1v) is 5.98. The van der Waals surface area contributed by atoms with Gasteiger partial charge in [0.05, 0.1) is 18.4 Å². The lowest BCUT2D eigenvalue weighted by atomic mass is 10.2. The van der Waals surface area contributed by atoms with Crippen molar-refractivity contribution in [1.29, 1.82) is 0 Å². The number of hydrogen-bond acceptors (Lipinski definition) is 2. The maximum absolute atomic E-state index is 13.6. The van der Waals surface area contributed by atoms with E-state index in [2.05, 4.69) is 21.0 Å². The summed E-state index contributed by atoms with van der Waals surface area (Å²) in [6.45, 7) is 1.84. The maximum Gasteiger partial charge on any atom is 0.339 e. The number of benzene rings is 1. The van der Waals surface area contributed by atoms with Gasteiger partial charge in [0.15, 0.2) is 0 Å². The fraction of sp³-hybridized carbons (Fsp3) is 0.167. The van der Waals surface area contributed by atoms with Crippen LogP contribution in [0.15, 0.2) is 28.9 Å². The topological polar surface area (TPSA) is 55.1 Å². The fourth-order valence-electron chi connectivity index (χ4n) is 1.64. The second-order valence-corrected chi connectivity index (χ2v) is 4.76. The number of halogens is 2. The highest BCUT2D eigenvalue weighted by atomic mass is 79.9. The minimum Gasteiger partial charge on any atom is -0.478 e. The summed E-state index contributed by atoms with van der Waals surface area (Å²) in [6.07, 6.45) is 1.27. The molecule has 0 aliphatic heterocycles. The zero-order chi connectivity index (χ0) is 13.3. The van der Waals surface area contributed by atoms with Crippen LogP contribution in [0.3, 0.4) is 0 Å². The summed E-state index contributed by atoms with van der Waals surface area (Å²) in [5.74, 6) is -1.38. The Bertz CT molecular complexity index is 610. The first kappa shape index (κ1) is 12.8. The largest absolute Gasteiger partial charge is 0.478 e. The van der Waals surface area contributed by atoms with E-state index in [4.69, 9.17) is 5.11 Å². The van der Waals surface area contributed by atoms with Gasteiger partial charge in [0, 0.05) is 10.0 Å². The molecule has 0 saturated heterocycles. The normalized spacial score (nSPS) is 10.6. The first-order chi connectivity index (χ1) is 8.49. The van der Waals surface area contributed by atoms with E-state index in [1.807, 2.05) is 0 Å². The van der Waals surface area contributed by atoms with Gasteiger partial charge in [-0.1, -0.05) is 15.9 Å². The van der Waals surface area contributed by atoms with Crippen molar-refractivity contribution < 1.29 is 14.3 Å². The Morgan fingerprint density at radius 1 is 1.56 bits per heavy atom. The number of carboxylic acid groups (broad SMARTS) is 1. The molecule has 0 amide bonds. The summed E-state index contributed by atoms with van der Waals surface area (Å²) >= 11 is 3.27. The van der Waals surface area contributed by atoms with Crippen molar-refractivity contribution in [3.05, 3.63) is 51.5 Å². The van der Waals surface area contributed by atoms with Crippen molar-refractivity contribution in [2.75, 3.05) is 0 Å². The molecule has 0 saturated carbocycles. The standard InChI is InChI=1S/C12H10BrFN2O2/c1-7-10(12(17)18)5-15-16(7)6-8-4-9(13)2-3-11(8)14/h2-5H,6H2,1H3,(H,17,18). The third-order valence-electron chi connectivity index (χ3n) is 2.66. The molecular formula is C12H10BrFN2O2. The molecule has 1 aromatic heterocycles. The lowest BCUT2D eigenvalue weighted by molar-refractivity contribution is 0.0696. The molecule has 1 aromatic carbocycles. The van der Waals surface area contributed by atoms with Crippen molar-refractivity contribution in [2.24, 2.45) is 0 Å². The Hall–Kier alpha value is -1.69. The molecule has 1 heterocycles. The molecule has 94 valence electrons. The number of carbonyl (C=O) groups is 1. The lowest BCUT2D eigenvalue weighted by Gasteiger charge is -2.06. The van der Waals surface area contributed by atoms with Crippen LogP contribution in [0.2, 0.25) is 0 Å². The van der Waals surface area contributed by atoms with E-state index in [0.717, 1.165) is 4.47 Å². The summed E-state index contributed by atoms with van der Waals surface area (Å²) in [5.41, 5.74) is 1.08. The molecule has 0 aliphatic carbocycles. The van der Waals surface area contributed by atoms with E-state index in [0.29, 0.717) is 11.3 Å². The Balaban J connectivity index is 2.34. The quantitative estimate of drug-likeness (QED) is 0.948. The minimum absolute atomic E-state index is 0.130. The molecule has 0 atom stereocenters. The highest BCUT2D eigenvalue weighted by molar-refractivity contribution is 9.10. The number of hydrogen-bond donors (Lipinski definition) is 1. The molecule has 18 heavy (non-hydrogen) atoms. The van der Waals surface area contributed by atoms with Crippen LogP contribution in [0, 0.1) is 12.7 Å². The van der Waals surface area contributed by atoms with Gasteiger partial charge in [-0.25, -0.2) is 9.18 Å². The van der Waals surface area contributed by atoms with Crippen molar-refractivity contribution >= 4 is 21.9 Å². The molecular weight excluding hydrogens is 303 g/mol. The Morgan fingerprint density at radius 2 is 2.28 bits per heavy atom. The number of carboxylic acids is 1. The van der Waals surface area contributed by atoms with Gasteiger partial charge in [0.1, 0.15) is 11.4 Å². The average molecular weight is 313 g/mol. The Labute approximate surface area is 111 Å². The molecule has 0 spiro atoms. The third-order valence-corrected chi connectivity index (χ3v) is 3.15. The minimum atomic E-state index is -1.03. The molecule has 6 heteroatoms. The van der Waals surface area contributed by atoms with Gasteiger partial charge in [-0.2, -0.15) is 5.10 Å². The zero-order valence-corrected chi connectivity index (χ0v) is 11.1. The summed E-state index contributed by atoms with van der Waals surface area (Å²) in [6, 6.07) is 4.62. The Kier molecular flexibility index (Phi) is 3.47. The van der Waals surface area contributed by atoms with Gasteiger partial charge < -0.3 is 5.11 Å². The van der Waals surface area contributed by atoms with Crippen LogP contribution < -0.4 is 0 Å². The van der Waals surface area contributed by atoms with Gasteiger partial charge in [-0.3, -0.25) is 4.68 Å². The van der Waals surface area contributed by atoms with E-state index < -0.39 is 5.97 Å². The van der Waals surface area contributed by atoms with E-state index in [-0.39, 0.29) is 17.9 Å². The van der Waals surface area contributed by atoms with Gasteiger partial charge in [0.25, 0.3) is 0 Å². The van der Waals surface area contributed by atoms with Crippen molar-refractivity contribution in [2.45, 2.75) is 13.5 Å². The molecule has 2 rings (SSSR count). The summed E-state index contributed by atoms with van der Waals surface area (Å²) in [5, 5.41) is 12.9. The molecule has 4 nitrogen and oxygen atoms in total. The van der Waals surface area contributed by atoms with Gasteiger partial charge in [0.2, 0.25) is 0 Å². The predicted molar refractivity (Wildman–Crippen MR) is 67.1 cm³/mol. The van der Waals surface area contributed by atoms with Gasteiger partial charge in [-0.05, 0) is 25.1 Å². The summed E-state index contributed by atoms with van der Waals surface area (Å²) < 4.78 is 15.8. The molecule has 2 aromatic rings. The van der Waals surface area contributed by atoms with Crippen LogP contribution in [0.25, 0.3) is 0 Å². The number of nitrogens with zero attached hydrogens (tertiary/aromatic N) is 2. The number of aromatic carboxylic acids is 1. The van der Waals surface area contributed by atoms with E-state index >= 15 is 0 Å². The van der Waals surface area contributed by atoms with E-state index in [1.54, 1.807) is 19.1 Å². The van der Waals surface area contributed by atoms with Crippen LogP contribution in [-0.4, -0.2) is 20.9 Å². The van der Waals surface area contributed by atoms with Crippen molar-refractivity contribution in [3.63, 3.8) is 0 Å². The van der Waals surface area contributed by atoms with Crippen LogP contribution in [0.5, 0.6) is 0 Å². The third kappa shape index (κ3) is 2.43. The molecule has 0 aliphatic rings. The van der Waals surface area contributed by atoms with Crippen LogP contribution >= 0.6 is 15.9 Å². The SMILES string of the molecule is Cc1c(C(=O)O)cnn1Cc1cc(Br)ccc1F. The summed E-state index contributed by atoms with van der Waals surface area (Å²) in [4.78, 5) is 10.9. The second kappa shape index (κ2) is 4.89. The van der Waals surface area contributed by atoms with E-state index in [9.17, 15) is 9.18 Å². The van der Waals surface area contributed by atoms with Crippen molar-refractivity contribution in [3.8, 4) is 0 Å². The predicted octanol–water partition coefficient (Wildman–Crippen LogP) is 2.84. The maximum atomic E-state index is 13.6. The molecule has 0 bridgehead atoms. The molecule has 0 radical (unpaired) electrons. The van der Waals surface area contributed by atoms with Crippen molar-refractivity contribution in [1.82, 2.24) is 9.78 Å². The monoisotopic (exact) mass is 312 g/mol. The van der Waals surface area contributed by atoms with E-state index in [1.165, 1.54) is 16.9 Å². The average Bonchev–Trinajstić information content (AvgIpc) is 2.66. The Morgan fingerprint density at radius 3 is 2.89 bits per heavy atom. The van der Waals surface area contributed by atoms with Gasteiger partial charge in [-0.15, -0.1) is 0 Å². The number of rotatable bonds is 3.